The summed E-state index contributed by atoms with van der Waals surface area (Å²) >= 11 is 0. The summed E-state index contributed by atoms with van der Waals surface area (Å²) in [6.45, 7) is 2.76. The van der Waals surface area contributed by atoms with Crippen LogP contribution in [0.1, 0.15) is 29.6 Å². The van der Waals surface area contributed by atoms with Crippen LogP contribution in [0.25, 0.3) is 0 Å². The number of hydrogen-bond donors (Lipinski definition) is 1. The second-order valence-electron chi connectivity index (χ2n) is 4.86. The highest BCUT2D eigenvalue weighted by Gasteiger charge is 2.20. The van der Waals surface area contributed by atoms with E-state index in [-0.39, 0.29) is 11.9 Å². The van der Waals surface area contributed by atoms with Crippen molar-refractivity contribution in [1.29, 1.82) is 5.26 Å². The Morgan fingerprint density at radius 2 is 2.00 bits per heavy atom. The zero-order valence-corrected chi connectivity index (χ0v) is 11.0. The van der Waals surface area contributed by atoms with Crippen molar-refractivity contribution in [2.24, 2.45) is 0 Å². The monoisotopic (exact) mass is 257 g/mol. The van der Waals surface area contributed by atoms with E-state index in [0.29, 0.717) is 6.42 Å². The molecule has 1 aromatic carbocycles. The van der Waals surface area contributed by atoms with E-state index >= 15 is 0 Å². The summed E-state index contributed by atoms with van der Waals surface area (Å²) in [6.07, 6.45) is 2.51. The molecule has 2 rings (SSSR count). The Kier molecular flexibility index (Phi) is 4.93. The smallest absolute Gasteiger partial charge is 0.251 e. The molecule has 4 heteroatoms. The molecule has 1 fully saturated rings. The van der Waals surface area contributed by atoms with Crippen molar-refractivity contribution in [2.45, 2.75) is 25.3 Å². The van der Waals surface area contributed by atoms with E-state index < -0.39 is 0 Å². The minimum absolute atomic E-state index is 0.0103. The van der Waals surface area contributed by atoms with Crippen molar-refractivity contribution in [3.05, 3.63) is 35.9 Å². The van der Waals surface area contributed by atoms with E-state index in [4.69, 9.17) is 5.26 Å². The van der Waals surface area contributed by atoms with Gasteiger partial charge in [-0.1, -0.05) is 18.2 Å². The van der Waals surface area contributed by atoms with Crippen LogP contribution in [0, 0.1) is 11.3 Å². The Morgan fingerprint density at radius 1 is 1.32 bits per heavy atom. The van der Waals surface area contributed by atoms with Crippen molar-refractivity contribution in [3.63, 3.8) is 0 Å². The molecular formula is C15H19N3O. The molecule has 0 aromatic heterocycles. The van der Waals surface area contributed by atoms with E-state index in [2.05, 4.69) is 16.3 Å². The van der Waals surface area contributed by atoms with Gasteiger partial charge >= 0.3 is 0 Å². The normalized spacial score (nSPS) is 16.8. The van der Waals surface area contributed by atoms with Crippen LogP contribution < -0.4 is 5.32 Å². The SMILES string of the molecule is N#CCCN1CCC(NC(=O)c2ccccc2)CC1. The lowest BCUT2D eigenvalue weighted by Crippen LogP contribution is -2.44. The molecule has 19 heavy (non-hydrogen) atoms. The number of nitriles is 1. The van der Waals surface area contributed by atoms with Crippen LogP contribution in [0.5, 0.6) is 0 Å². The molecule has 0 saturated carbocycles. The van der Waals surface area contributed by atoms with Gasteiger partial charge in [0.05, 0.1) is 6.07 Å². The first-order chi connectivity index (χ1) is 9.29. The van der Waals surface area contributed by atoms with Gasteiger partial charge in [-0.3, -0.25) is 4.79 Å². The van der Waals surface area contributed by atoms with Crippen LogP contribution in [0.2, 0.25) is 0 Å². The molecule has 1 heterocycles. The maximum absolute atomic E-state index is 12.0. The van der Waals surface area contributed by atoms with Crippen LogP contribution in [-0.2, 0) is 0 Å². The third kappa shape index (κ3) is 4.08. The summed E-state index contributed by atoms with van der Waals surface area (Å²) in [4.78, 5) is 14.3. The lowest BCUT2D eigenvalue weighted by atomic mass is 10.0. The number of amides is 1. The Balaban J connectivity index is 1.77. The lowest BCUT2D eigenvalue weighted by molar-refractivity contribution is 0.0912. The van der Waals surface area contributed by atoms with E-state index in [1.807, 2.05) is 30.3 Å². The number of nitrogens with one attached hydrogen (secondary N) is 1. The highest BCUT2D eigenvalue weighted by Crippen LogP contribution is 2.11. The second-order valence-corrected chi connectivity index (χ2v) is 4.86. The van der Waals surface area contributed by atoms with Gasteiger partial charge in [-0.25, -0.2) is 0 Å². The quantitative estimate of drug-likeness (QED) is 0.894. The zero-order valence-electron chi connectivity index (χ0n) is 11.0. The molecule has 100 valence electrons. The summed E-state index contributed by atoms with van der Waals surface area (Å²) in [6, 6.07) is 11.7. The van der Waals surface area contributed by atoms with E-state index in [1.165, 1.54) is 0 Å². The van der Waals surface area contributed by atoms with Crippen molar-refractivity contribution < 1.29 is 4.79 Å². The first-order valence-corrected chi connectivity index (χ1v) is 6.75. The number of piperidine rings is 1. The van der Waals surface area contributed by atoms with Crippen LogP contribution in [0.3, 0.4) is 0 Å². The Hall–Kier alpha value is -1.86. The Bertz CT molecular complexity index is 444. The molecule has 1 aliphatic rings. The summed E-state index contributed by atoms with van der Waals surface area (Å²) in [7, 11) is 0. The van der Waals surface area contributed by atoms with Gasteiger partial charge in [-0.05, 0) is 25.0 Å². The Labute approximate surface area is 114 Å². The number of carbonyl (C=O) groups excluding carboxylic acids is 1. The third-order valence-electron chi connectivity index (χ3n) is 3.50. The predicted molar refractivity (Wildman–Crippen MR) is 73.6 cm³/mol. The highest BCUT2D eigenvalue weighted by atomic mass is 16.1. The first kappa shape index (κ1) is 13.6. The topological polar surface area (TPSA) is 56.1 Å². The summed E-state index contributed by atoms with van der Waals surface area (Å²) in [5, 5.41) is 11.6. The molecule has 1 aliphatic heterocycles. The zero-order chi connectivity index (χ0) is 13.5. The van der Waals surface area contributed by atoms with Gasteiger partial charge in [0.25, 0.3) is 5.91 Å². The van der Waals surface area contributed by atoms with Gasteiger partial charge in [0.15, 0.2) is 0 Å². The molecule has 0 bridgehead atoms. The maximum Gasteiger partial charge on any atom is 0.251 e. The largest absolute Gasteiger partial charge is 0.349 e. The summed E-state index contributed by atoms with van der Waals surface area (Å²) in [5.41, 5.74) is 0.717. The fraction of sp³-hybridized carbons (Fsp3) is 0.467. The average molecular weight is 257 g/mol. The van der Waals surface area contributed by atoms with Crippen LogP contribution in [0.4, 0.5) is 0 Å². The third-order valence-corrected chi connectivity index (χ3v) is 3.50. The molecule has 1 aromatic rings. The van der Waals surface area contributed by atoms with Crippen molar-refractivity contribution in [3.8, 4) is 6.07 Å². The highest BCUT2D eigenvalue weighted by molar-refractivity contribution is 5.94. The molecule has 1 amide bonds. The van der Waals surface area contributed by atoms with Gasteiger partial charge in [0, 0.05) is 37.7 Å². The number of nitrogens with zero attached hydrogens (tertiary/aromatic N) is 2. The number of rotatable bonds is 4. The Morgan fingerprint density at radius 3 is 2.63 bits per heavy atom. The van der Waals surface area contributed by atoms with Gasteiger partial charge in [-0.2, -0.15) is 5.26 Å². The molecular weight excluding hydrogens is 238 g/mol. The van der Waals surface area contributed by atoms with Crippen LogP contribution in [0.15, 0.2) is 30.3 Å². The van der Waals surface area contributed by atoms with Crippen LogP contribution in [-0.4, -0.2) is 36.5 Å². The maximum atomic E-state index is 12.0. The van der Waals surface area contributed by atoms with Gasteiger partial charge in [0.2, 0.25) is 0 Å². The standard InChI is InChI=1S/C15H19N3O/c16-9-4-10-18-11-7-14(8-12-18)17-15(19)13-5-2-1-3-6-13/h1-3,5-6,14H,4,7-8,10-12H2,(H,17,19). The summed E-state index contributed by atoms with van der Waals surface area (Å²) < 4.78 is 0. The molecule has 0 aliphatic carbocycles. The molecule has 1 N–H and O–H groups in total. The minimum atomic E-state index is 0.0103. The minimum Gasteiger partial charge on any atom is -0.349 e. The predicted octanol–water partition coefficient (Wildman–Crippen LogP) is 1.79. The molecule has 1 saturated heterocycles. The lowest BCUT2D eigenvalue weighted by Gasteiger charge is -2.31. The fourth-order valence-corrected chi connectivity index (χ4v) is 2.37. The van der Waals surface area contributed by atoms with Crippen LogP contribution >= 0.6 is 0 Å². The van der Waals surface area contributed by atoms with E-state index in [9.17, 15) is 4.79 Å². The van der Waals surface area contributed by atoms with Crippen molar-refractivity contribution in [2.75, 3.05) is 19.6 Å². The number of carbonyl (C=O) groups is 1. The molecule has 0 atom stereocenters. The number of benzene rings is 1. The second kappa shape index (κ2) is 6.91. The number of hydrogen-bond acceptors (Lipinski definition) is 3. The molecule has 4 nitrogen and oxygen atoms in total. The fourth-order valence-electron chi connectivity index (χ4n) is 2.37. The van der Waals surface area contributed by atoms with Gasteiger partial charge in [-0.15, -0.1) is 0 Å². The van der Waals surface area contributed by atoms with Gasteiger partial charge < -0.3 is 10.2 Å². The van der Waals surface area contributed by atoms with Crippen molar-refractivity contribution in [1.82, 2.24) is 10.2 Å². The summed E-state index contributed by atoms with van der Waals surface area (Å²) in [5.74, 6) is 0.0103. The number of likely N-dealkylation sites (tertiary alicyclic amines) is 1. The van der Waals surface area contributed by atoms with Crippen molar-refractivity contribution >= 4 is 5.91 Å². The van der Waals surface area contributed by atoms with E-state index in [0.717, 1.165) is 38.0 Å². The van der Waals surface area contributed by atoms with Gasteiger partial charge in [0.1, 0.15) is 0 Å². The molecule has 0 radical (unpaired) electrons. The molecule has 0 spiro atoms. The first-order valence-electron chi connectivity index (χ1n) is 6.75. The molecule has 0 unspecified atom stereocenters. The van der Waals surface area contributed by atoms with E-state index in [1.54, 1.807) is 0 Å². The average Bonchev–Trinajstić information content (AvgIpc) is 2.47.